The summed E-state index contributed by atoms with van der Waals surface area (Å²) in [4.78, 5) is 24.6. The number of anilines is 1. The average Bonchev–Trinajstić information content (AvgIpc) is 3.58. The second kappa shape index (κ2) is 8.89. The molecule has 9 nitrogen and oxygen atoms in total. The Bertz CT molecular complexity index is 1450. The number of halogens is 1. The number of hydrogen-bond donors (Lipinski definition) is 2. The highest BCUT2D eigenvalue weighted by Gasteiger charge is 2.17. The zero-order chi connectivity index (χ0) is 23.7. The summed E-state index contributed by atoms with van der Waals surface area (Å²) in [6.45, 7) is 4.69. The van der Waals surface area contributed by atoms with E-state index in [1.807, 2.05) is 41.4 Å². The number of carbonyl (C=O) groups excluding carboxylic acids is 1. The number of carbonyl (C=O) groups is 1. The lowest BCUT2D eigenvalue weighted by Crippen LogP contribution is -2.15. The van der Waals surface area contributed by atoms with Crippen LogP contribution in [0.2, 0.25) is 0 Å². The first kappa shape index (κ1) is 21.5. The number of benzene rings is 1. The molecule has 4 aromatic heterocycles. The van der Waals surface area contributed by atoms with Crippen molar-refractivity contribution in [2.75, 3.05) is 5.32 Å². The molecule has 0 bridgehead atoms. The van der Waals surface area contributed by atoms with E-state index >= 15 is 0 Å². The maximum absolute atomic E-state index is 14.8. The molecular weight excluding hydrogens is 435 g/mol. The number of rotatable bonds is 7. The van der Waals surface area contributed by atoms with Crippen LogP contribution in [-0.2, 0) is 13.0 Å². The topological polar surface area (TPSA) is 106 Å². The zero-order valence-electron chi connectivity index (χ0n) is 18.7. The van der Waals surface area contributed by atoms with E-state index in [0.29, 0.717) is 30.3 Å². The molecule has 0 unspecified atom stereocenters. The normalized spacial score (nSPS) is 11.4. The van der Waals surface area contributed by atoms with Crippen LogP contribution in [0.15, 0.2) is 61.4 Å². The smallest absolute Gasteiger partial charge is 0.259 e. The van der Waals surface area contributed by atoms with Crippen LogP contribution in [0.4, 0.5) is 10.2 Å². The van der Waals surface area contributed by atoms with Gasteiger partial charge in [-0.05, 0) is 44.2 Å². The number of aryl methyl sites for hydroxylation is 2. The molecule has 1 amide bonds. The minimum atomic E-state index is -0.592. The van der Waals surface area contributed by atoms with Crippen LogP contribution in [0.3, 0.4) is 0 Å². The first-order chi connectivity index (χ1) is 16.5. The summed E-state index contributed by atoms with van der Waals surface area (Å²) in [5, 5.41) is 11.5. The molecule has 0 saturated carbocycles. The van der Waals surface area contributed by atoms with E-state index in [1.54, 1.807) is 36.9 Å². The third kappa shape index (κ3) is 4.17. The van der Waals surface area contributed by atoms with Gasteiger partial charge in [-0.3, -0.25) is 4.79 Å². The summed E-state index contributed by atoms with van der Waals surface area (Å²) in [6.07, 6.45) is 7.71. The molecule has 4 heterocycles. The molecule has 0 spiro atoms. The minimum Gasteiger partial charge on any atom is -0.351 e. The second-order valence-corrected chi connectivity index (χ2v) is 8.23. The van der Waals surface area contributed by atoms with Crippen molar-refractivity contribution in [2.24, 2.45) is 0 Å². The van der Waals surface area contributed by atoms with Gasteiger partial charge < -0.3 is 19.4 Å². The molecule has 0 aliphatic heterocycles. The first-order valence-corrected chi connectivity index (χ1v) is 10.9. The summed E-state index contributed by atoms with van der Waals surface area (Å²) < 4.78 is 18.7. The predicted molar refractivity (Wildman–Crippen MR) is 126 cm³/mol. The van der Waals surface area contributed by atoms with Crippen molar-refractivity contribution in [1.82, 2.24) is 34.3 Å². The van der Waals surface area contributed by atoms with Crippen molar-refractivity contribution >= 4 is 22.6 Å². The van der Waals surface area contributed by atoms with E-state index in [4.69, 9.17) is 0 Å². The van der Waals surface area contributed by atoms with Gasteiger partial charge in [-0.25, -0.2) is 14.4 Å². The molecule has 5 aromatic rings. The Morgan fingerprint density at radius 2 is 2.12 bits per heavy atom. The summed E-state index contributed by atoms with van der Waals surface area (Å²) in [5.41, 5.74) is 2.21. The minimum absolute atomic E-state index is 0.0511. The third-order valence-electron chi connectivity index (χ3n) is 5.62. The molecule has 0 aliphatic carbocycles. The second-order valence-electron chi connectivity index (χ2n) is 8.23. The molecule has 0 aliphatic rings. The van der Waals surface area contributed by atoms with Crippen LogP contribution in [0.1, 0.15) is 35.9 Å². The fraction of sp³-hybridized carbons (Fsp3) is 0.208. The number of pyridine rings is 1. The van der Waals surface area contributed by atoms with Gasteiger partial charge in [-0.1, -0.05) is 6.07 Å². The monoisotopic (exact) mass is 458 g/mol. The highest BCUT2D eigenvalue weighted by Crippen LogP contribution is 2.23. The van der Waals surface area contributed by atoms with Gasteiger partial charge in [-0.15, -0.1) is 10.2 Å². The number of amides is 1. The molecule has 0 atom stereocenters. The molecular formula is C24H23FN8O. The average molecular weight is 459 g/mol. The molecule has 10 heteroatoms. The van der Waals surface area contributed by atoms with E-state index in [0.717, 1.165) is 16.6 Å². The largest absolute Gasteiger partial charge is 0.351 e. The number of aromatic nitrogens is 7. The molecule has 172 valence electrons. The number of hydrogen-bond acceptors (Lipinski definition) is 5. The zero-order valence-corrected chi connectivity index (χ0v) is 18.7. The van der Waals surface area contributed by atoms with E-state index in [9.17, 15) is 9.18 Å². The molecule has 1 aromatic carbocycles. The Kier molecular flexibility index (Phi) is 5.62. The summed E-state index contributed by atoms with van der Waals surface area (Å²) in [5.74, 6) is -0.275. The summed E-state index contributed by atoms with van der Waals surface area (Å²) >= 11 is 0. The van der Waals surface area contributed by atoms with Crippen LogP contribution in [0.25, 0.3) is 22.4 Å². The van der Waals surface area contributed by atoms with Crippen LogP contribution in [0.5, 0.6) is 0 Å². The molecule has 34 heavy (non-hydrogen) atoms. The molecule has 0 saturated heterocycles. The number of nitrogens with zero attached hydrogens (tertiary/aromatic N) is 6. The molecule has 2 N–H and O–H groups in total. The lowest BCUT2D eigenvalue weighted by molar-refractivity contribution is 0.102. The van der Waals surface area contributed by atoms with Gasteiger partial charge in [0.05, 0.1) is 17.6 Å². The van der Waals surface area contributed by atoms with Gasteiger partial charge >= 0.3 is 0 Å². The number of aromatic amines is 1. The van der Waals surface area contributed by atoms with Crippen LogP contribution < -0.4 is 5.32 Å². The number of nitrogens with one attached hydrogen (secondary N) is 2. The Balaban J connectivity index is 1.39. The Hall–Kier alpha value is -4.34. The van der Waals surface area contributed by atoms with Crippen LogP contribution in [-0.4, -0.2) is 40.2 Å². The summed E-state index contributed by atoms with van der Waals surface area (Å²) in [7, 11) is 0. The Morgan fingerprint density at radius 1 is 1.24 bits per heavy atom. The number of fused-ring (bicyclic) bond motifs is 1. The van der Waals surface area contributed by atoms with Gasteiger partial charge in [0.1, 0.15) is 23.7 Å². The van der Waals surface area contributed by atoms with Gasteiger partial charge in [0.15, 0.2) is 5.82 Å². The fourth-order valence-electron chi connectivity index (χ4n) is 3.86. The number of imidazole rings is 1. The van der Waals surface area contributed by atoms with Gasteiger partial charge in [-0.2, -0.15) is 0 Å². The Morgan fingerprint density at radius 3 is 2.91 bits per heavy atom. The quantitative estimate of drug-likeness (QED) is 0.380. The van der Waals surface area contributed by atoms with Crippen molar-refractivity contribution in [2.45, 2.75) is 32.9 Å². The lowest BCUT2D eigenvalue weighted by atomic mass is 10.1. The standard InChI is InChI=1S/C24H23FN8O/c1-15(2)33-14-28-31-23(33)20-4-3-5-22(29-20)30-24(34)18-11-21-16(10-19(18)25)6-8-32(21)9-7-17-12-26-13-27-17/h3-6,8,10-15H,7,9H2,1-2H3,(H,26,27)(H,29,30,34). The van der Waals surface area contributed by atoms with Gasteiger partial charge in [0, 0.05) is 42.3 Å². The van der Waals surface area contributed by atoms with Crippen molar-refractivity contribution in [3.63, 3.8) is 0 Å². The fourth-order valence-corrected chi connectivity index (χ4v) is 3.86. The molecule has 0 radical (unpaired) electrons. The lowest BCUT2D eigenvalue weighted by Gasteiger charge is -2.11. The SMILES string of the molecule is CC(C)n1cnnc1-c1cccc(NC(=O)c2cc3c(ccn3CCc3c[nH]cn3)cc2F)n1. The Labute approximate surface area is 194 Å². The third-order valence-corrected chi connectivity index (χ3v) is 5.62. The van der Waals surface area contributed by atoms with E-state index < -0.39 is 11.7 Å². The van der Waals surface area contributed by atoms with Crippen molar-refractivity contribution < 1.29 is 9.18 Å². The van der Waals surface area contributed by atoms with Crippen molar-refractivity contribution in [3.8, 4) is 11.5 Å². The van der Waals surface area contributed by atoms with Gasteiger partial charge in [0.2, 0.25) is 0 Å². The maximum Gasteiger partial charge on any atom is 0.259 e. The van der Waals surface area contributed by atoms with Gasteiger partial charge in [0.25, 0.3) is 5.91 Å². The number of H-pyrrole nitrogens is 1. The highest BCUT2D eigenvalue weighted by atomic mass is 19.1. The van der Waals surface area contributed by atoms with Crippen LogP contribution in [0, 0.1) is 5.82 Å². The van der Waals surface area contributed by atoms with E-state index in [2.05, 4.69) is 30.5 Å². The first-order valence-electron chi connectivity index (χ1n) is 10.9. The van der Waals surface area contributed by atoms with Crippen molar-refractivity contribution in [1.29, 1.82) is 0 Å². The van der Waals surface area contributed by atoms with Crippen molar-refractivity contribution in [3.05, 3.63) is 78.5 Å². The summed E-state index contributed by atoms with van der Waals surface area (Å²) in [6, 6.07) is 10.1. The molecule has 0 fully saturated rings. The maximum atomic E-state index is 14.8. The highest BCUT2D eigenvalue weighted by molar-refractivity contribution is 6.06. The van der Waals surface area contributed by atoms with Crippen LogP contribution >= 0.6 is 0 Å². The van der Waals surface area contributed by atoms with E-state index in [1.165, 1.54) is 6.07 Å². The predicted octanol–water partition coefficient (Wildman–Crippen LogP) is 4.23. The molecule has 5 rings (SSSR count). The van der Waals surface area contributed by atoms with E-state index in [-0.39, 0.29) is 11.6 Å².